The zero-order valence-electron chi connectivity index (χ0n) is 9.78. The molecule has 0 aromatic rings. The van der Waals surface area contributed by atoms with Crippen LogP contribution >= 0.6 is 0 Å². The summed E-state index contributed by atoms with van der Waals surface area (Å²) in [7, 11) is 2.05. The van der Waals surface area contributed by atoms with E-state index in [4.69, 9.17) is 0 Å². The Morgan fingerprint density at radius 2 is 1.93 bits per heavy atom. The van der Waals surface area contributed by atoms with Gasteiger partial charge < -0.3 is 10.4 Å². The van der Waals surface area contributed by atoms with Gasteiger partial charge in [0.1, 0.15) is 0 Å². The molecule has 1 aliphatic heterocycles. The standard InChI is InChI=1S/C12H24N2O/c1-13-10-5-4-8-14(9-10)11-6-2-3-7-12(11)15/h10-13,15H,2-9H2,1H3. The number of hydrogen-bond acceptors (Lipinski definition) is 3. The van der Waals surface area contributed by atoms with Gasteiger partial charge in [-0.1, -0.05) is 12.8 Å². The summed E-state index contributed by atoms with van der Waals surface area (Å²) < 4.78 is 0. The minimum absolute atomic E-state index is 0.0747. The van der Waals surface area contributed by atoms with Crippen molar-refractivity contribution in [2.75, 3.05) is 20.1 Å². The zero-order chi connectivity index (χ0) is 10.7. The second-order valence-corrected chi connectivity index (χ2v) is 5.04. The lowest BCUT2D eigenvalue weighted by atomic mass is 9.89. The summed E-state index contributed by atoms with van der Waals surface area (Å²) in [5.74, 6) is 0. The number of nitrogens with one attached hydrogen (secondary N) is 1. The zero-order valence-corrected chi connectivity index (χ0v) is 9.78. The molecule has 3 atom stereocenters. The highest BCUT2D eigenvalue weighted by Crippen LogP contribution is 2.25. The summed E-state index contributed by atoms with van der Waals surface area (Å²) in [5.41, 5.74) is 0. The molecule has 3 heteroatoms. The van der Waals surface area contributed by atoms with Gasteiger partial charge in [0.15, 0.2) is 0 Å². The van der Waals surface area contributed by atoms with Gasteiger partial charge in [-0.3, -0.25) is 4.90 Å². The van der Waals surface area contributed by atoms with E-state index >= 15 is 0 Å². The first-order valence-corrected chi connectivity index (χ1v) is 6.40. The van der Waals surface area contributed by atoms with Gasteiger partial charge in [0, 0.05) is 18.6 Å². The van der Waals surface area contributed by atoms with E-state index < -0.39 is 0 Å². The quantitative estimate of drug-likeness (QED) is 0.716. The van der Waals surface area contributed by atoms with Gasteiger partial charge >= 0.3 is 0 Å². The van der Waals surface area contributed by atoms with Crippen molar-refractivity contribution in [3.63, 3.8) is 0 Å². The molecule has 0 aromatic heterocycles. The molecule has 1 saturated heterocycles. The van der Waals surface area contributed by atoms with Gasteiger partial charge in [0.25, 0.3) is 0 Å². The van der Waals surface area contributed by atoms with Crippen molar-refractivity contribution >= 4 is 0 Å². The maximum Gasteiger partial charge on any atom is 0.0695 e. The molecule has 0 radical (unpaired) electrons. The lowest BCUT2D eigenvalue weighted by Crippen LogP contribution is -2.53. The van der Waals surface area contributed by atoms with Crippen molar-refractivity contribution in [2.45, 2.75) is 56.7 Å². The molecular formula is C12H24N2O. The first kappa shape index (κ1) is 11.4. The van der Waals surface area contributed by atoms with Crippen LogP contribution in [0.25, 0.3) is 0 Å². The number of likely N-dealkylation sites (N-methyl/N-ethyl adjacent to an activating group) is 1. The van der Waals surface area contributed by atoms with Crippen LogP contribution in [0.1, 0.15) is 38.5 Å². The maximum absolute atomic E-state index is 10.0. The number of nitrogens with zero attached hydrogens (tertiary/aromatic N) is 1. The Labute approximate surface area is 92.8 Å². The average Bonchev–Trinajstić information content (AvgIpc) is 2.30. The highest BCUT2D eigenvalue weighted by molar-refractivity contribution is 4.87. The second-order valence-electron chi connectivity index (χ2n) is 5.04. The number of aliphatic hydroxyl groups excluding tert-OH is 1. The summed E-state index contributed by atoms with van der Waals surface area (Å²) in [5, 5.41) is 13.4. The van der Waals surface area contributed by atoms with Crippen LogP contribution in [-0.4, -0.2) is 48.3 Å². The molecule has 2 aliphatic rings. The average molecular weight is 212 g/mol. The molecule has 0 bridgehead atoms. The lowest BCUT2D eigenvalue weighted by Gasteiger charge is -2.42. The fourth-order valence-corrected chi connectivity index (χ4v) is 3.06. The number of aliphatic hydroxyl groups is 1. The van der Waals surface area contributed by atoms with E-state index in [9.17, 15) is 5.11 Å². The summed E-state index contributed by atoms with van der Waals surface area (Å²) in [4.78, 5) is 2.51. The van der Waals surface area contributed by atoms with Crippen LogP contribution in [-0.2, 0) is 0 Å². The summed E-state index contributed by atoms with van der Waals surface area (Å²) in [6, 6.07) is 1.07. The molecule has 0 amide bonds. The highest BCUT2D eigenvalue weighted by atomic mass is 16.3. The minimum atomic E-state index is -0.0747. The molecule has 1 saturated carbocycles. The predicted molar refractivity (Wildman–Crippen MR) is 61.9 cm³/mol. The molecule has 3 unspecified atom stereocenters. The third-order valence-corrected chi connectivity index (χ3v) is 4.02. The van der Waals surface area contributed by atoms with Gasteiger partial charge in [0.05, 0.1) is 6.10 Å². The SMILES string of the molecule is CNC1CCCN(C2CCCCC2O)C1. The van der Waals surface area contributed by atoms with Gasteiger partial charge in [-0.05, 0) is 39.3 Å². The van der Waals surface area contributed by atoms with E-state index in [0.29, 0.717) is 12.1 Å². The molecule has 1 aliphatic carbocycles. The predicted octanol–water partition coefficient (Wildman–Crippen LogP) is 0.974. The maximum atomic E-state index is 10.0. The van der Waals surface area contributed by atoms with Crippen LogP contribution in [0.2, 0.25) is 0 Å². The van der Waals surface area contributed by atoms with Crippen molar-refractivity contribution in [3.8, 4) is 0 Å². The van der Waals surface area contributed by atoms with Crippen molar-refractivity contribution in [3.05, 3.63) is 0 Å². The molecule has 0 spiro atoms. The number of likely N-dealkylation sites (tertiary alicyclic amines) is 1. The molecular weight excluding hydrogens is 188 g/mol. The van der Waals surface area contributed by atoms with Crippen molar-refractivity contribution in [1.82, 2.24) is 10.2 Å². The van der Waals surface area contributed by atoms with Crippen molar-refractivity contribution in [1.29, 1.82) is 0 Å². The first-order valence-electron chi connectivity index (χ1n) is 6.40. The van der Waals surface area contributed by atoms with Crippen molar-refractivity contribution < 1.29 is 5.11 Å². The second kappa shape index (κ2) is 5.28. The third kappa shape index (κ3) is 2.71. The van der Waals surface area contributed by atoms with Crippen LogP contribution in [0.3, 0.4) is 0 Å². The Hall–Kier alpha value is -0.120. The Kier molecular flexibility index (Phi) is 4.00. The fourth-order valence-electron chi connectivity index (χ4n) is 3.06. The van der Waals surface area contributed by atoms with Crippen molar-refractivity contribution in [2.24, 2.45) is 0 Å². The monoisotopic (exact) mass is 212 g/mol. The van der Waals surface area contributed by atoms with E-state index in [1.165, 1.54) is 38.6 Å². The van der Waals surface area contributed by atoms with Crippen LogP contribution in [0.5, 0.6) is 0 Å². The Balaban J connectivity index is 1.90. The van der Waals surface area contributed by atoms with E-state index in [1.807, 2.05) is 7.05 Å². The Morgan fingerprint density at radius 1 is 1.13 bits per heavy atom. The molecule has 1 heterocycles. The Morgan fingerprint density at radius 3 is 2.67 bits per heavy atom. The molecule has 0 aromatic carbocycles. The molecule has 2 rings (SSSR count). The van der Waals surface area contributed by atoms with Gasteiger partial charge in [-0.15, -0.1) is 0 Å². The van der Waals surface area contributed by atoms with Crippen LogP contribution < -0.4 is 5.32 Å². The largest absolute Gasteiger partial charge is 0.391 e. The normalized spacial score (nSPS) is 39.2. The Bertz CT molecular complexity index is 198. The van der Waals surface area contributed by atoms with Gasteiger partial charge in [-0.2, -0.15) is 0 Å². The smallest absolute Gasteiger partial charge is 0.0695 e. The topological polar surface area (TPSA) is 35.5 Å². The highest BCUT2D eigenvalue weighted by Gasteiger charge is 2.31. The van der Waals surface area contributed by atoms with E-state index in [2.05, 4.69) is 10.2 Å². The number of piperidine rings is 1. The van der Waals surface area contributed by atoms with Gasteiger partial charge in [0.2, 0.25) is 0 Å². The fraction of sp³-hybridized carbons (Fsp3) is 1.00. The minimum Gasteiger partial charge on any atom is -0.391 e. The summed E-state index contributed by atoms with van der Waals surface area (Å²) in [6.07, 6.45) is 7.19. The first-order chi connectivity index (χ1) is 7.31. The number of rotatable bonds is 2. The lowest BCUT2D eigenvalue weighted by molar-refractivity contribution is 0.00567. The molecule has 15 heavy (non-hydrogen) atoms. The van der Waals surface area contributed by atoms with E-state index in [0.717, 1.165) is 13.0 Å². The third-order valence-electron chi connectivity index (χ3n) is 4.02. The van der Waals surface area contributed by atoms with E-state index in [1.54, 1.807) is 0 Å². The molecule has 88 valence electrons. The van der Waals surface area contributed by atoms with Crippen LogP contribution in [0.15, 0.2) is 0 Å². The summed E-state index contributed by atoms with van der Waals surface area (Å²) in [6.45, 7) is 2.30. The molecule has 2 N–H and O–H groups in total. The van der Waals surface area contributed by atoms with E-state index in [-0.39, 0.29) is 6.10 Å². The van der Waals surface area contributed by atoms with Crippen LogP contribution in [0, 0.1) is 0 Å². The van der Waals surface area contributed by atoms with Crippen LogP contribution in [0.4, 0.5) is 0 Å². The number of hydrogen-bond donors (Lipinski definition) is 2. The summed E-state index contributed by atoms with van der Waals surface area (Å²) >= 11 is 0. The van der Waals surface area contributed by atoms with Gasteiger partial charge in [-0.25, -0.2) is 0 Å². The molecule has 3 nitrogen and oxygen atoms in total. The molecule has 2 fully saturated rings.